The monoisotopic (exact) mass is 274 g/mol. The molecule has 0 aliphatic rings. The first-order valence-corrected chi connectivity index (χ1v) is 6.60. The zero-order valence-corrected chi connectivity index (χ0v) is 12.5. The van der Waals surface area contributed by atoms with E-state index < -0.39 is 17.4 Å². The number of urea groups is 1. The van der Waals surface area contributed by atoms with Gasteiger partial charge in [-0.05, 0) is 19.3 Å². The van der Waals surface area contributed by atoms with E-state index in [4.69, 9.17) is 9.84 Å². The van der Waals surface area contributed by atoms with Crippen LogP contribution in [0.5, 0.6) is 0 Å². The first kappa shape index (κ1) is 17.7. The minimum Gasteiger partial charge on any atom is -0.480 e. The van der Waals surface area contributed by atoms with Crippen molar-refractivity contribution < 1.29 is 19.4 Å². The van der Waals surface area contributed by atoms with Crippen molar-refractivity contribution in [1.82, 2.24) is 10.2 Å². The molecule has 0 saturated carbocycles. The Kier molecular flexibility index (Phi) is 7.44. The van der Waals surface area contributed by atoms with Crippen LogP contribution in [-0.2, 0) is 9.53 Å². The number of hydrogen-bond acceptors (Lipinski definition) is 3. The van der Waals surface area contributed by atoms with Crippen LogP contribution in [0.4, 0.5) is 4.79 Å². The van der Waals surface area contributed by atoms with Gasteiger partial charge in [-0.3, -0.25) is 0 Å². The van der Waals surface area contributed by atoms with E-state index in [1.54, 1.807) is 20.8 Å². The van der Waals surface area contributed by atoms with Gasteiger partial charge in [0.25, 0.3) is 0 Å². The summed E-state index contributed by atoms with van der Waals surface area (Å²) in [4.78, 5) is 24.8. The van der Waals surface area contributed by atoms with Crippen LogP contribution in [0.25, 0.3) is 0 Å². The summed E-state index contributed by atoms with van der Waals surface area (Å²) in [6.45, 7) is 11.1. The van der Waals surface area contributed by atoms with E-state index in [1.807, 2.05) is 13.8 Å². The zero-order chi connectivity index (χ0) is 15.1. The summed E-state index contributed by atoms with van der Waals surface area (Å²) in [5.74, 6) is -1.03. The molecule has 0 aromatic carbocycles. The van der Waals surface area contributed by atoms with E-state index in [-0.39, 0.29) is 6.03 Å². The van der Waals surface area contributed by atoms with Crippen molar-refractivity contribution in [2.75, 3.05) is 26.3 Å². The first-order valence-electron chi connectivity index (χ1n) is 6.60. The Balaban J connectivity index is 4.56. The predicted octanol–water partition coefficient (Wildman–Crippen LogP) is 1.55. The van der Waals surface area contributed by atoms with E-state index in [9.17, 15) is 9.59 Å². The number of ether oxygens (including phenoxy) is 1. The Morgan fingerprint density at radius 3 is 2.26 bits per heavy atom. The van der Waals surface area contributed by atoms with Gasteiger partial charge in [0.15, 0.2) is 0 Å². The number of nitrogens with zero attached hydrogens (tertiary/aromatic N) is 1. The van der Waals surface area contributed by atoms with Gasteiger partial charge in [0.1, 0.15) is 6.04 Å². The Morgan fingerprint density at radius 1 is 1.32 bits per heavy atom. The Morgan fingerprint density at radius 2 is 1.89 bits per heavy atom. The number of likely N-dealkylation sites (N-methyl/N-ethyl adjacent to an activating group) is 1. The van der Waals surface area contributed by atoms with Gasteiger partial charge in [0.05, 0.1) is 6.61 Å². The number of rotatable bonds is 7. The van der Waals surface area contributed by atoms with Crippen LogP contribution in [-0.4, -0.2) is 54.4 Å². The summed E-state index contributed by atoms with van der Waals surface area (Å²) in [6, 6.07) is -1.29. The molecule has 0 saturated heterocycles. The maximum absolute atomic E-state index is 12.0. The van der Waals surface area contributed by atoms with Crippen LogP contribution in [0.15, 0.2) is 0 Å². The van der Waals surface area contributed by atoms with E-state index in [2.05, 4.69) is 5.32 Å². The van der Waals surface area contributed by atoms with Crippen molar-refractivity contribution in [3.05, 3.63) is 0 Å². The van der Waals surface area contributed by atoms with Gasteiger partial charge in [-0.15, -0.1) is 0 Å². The number of carboxylic acid groups (broad SMARTS) is 1. The molecule has 0 rings (SSSR count). The van der Waals surface area contributed by atoms with Gasteiger partial charge < -0.3 is 20.1 Å². The lowest BCUT2D eigenvalue weighted by Crippen LogP contribution is -2.53. The molecule has 0 bridgehead atoms. The standard InChI is InChI=1S/C13H26N2O4/c1-6-15(8-9-19-7-2)12(18)14-10(11(16)17)13(3,4)5/h10H,6-9H2,1-5H3,(H,14,18)(H,16,17). The molecule has 19 heavy (non-hydrogen) atoms. The minimum atomic E-state index is -1.03. The van der Waals surface area contributed by atoms with E-state index in [1.165, 1.54) is 4.90 Å². The average Bonchev–Trinajstić information content (AvgIpc) is 2.29. The van der Waals surface area contributed by atoms with Gasteiger partial charge in [-0.25, -0.2) is 9.59 Å². The Hall–Kier alpha value is -1.30. The summed E-state index contributed by atoms with van der Waals surface area (Å²) >= 11 is 0. The molecule has 0 aliphatic heterocycles. The van der Waals surface area contributed by atoms with Gasteiger partial charge in [-0.1, -0.05) is 20.8 Å². The molecule has 6 nitrogen and oxygen atoms in total. The highest BCUT2D eigenvalue weighted by molar-refractivity contribution is 5.83. The largest absolute Gasteiger partial charge is 0.480 e. The zero-order valence-electron chi connectivity index (χ0n) is 12.5. The number of carbonyl (C=O) groups is 2. The summed E-state index contributed by atoms with van der Waals surface area (Å²) in [7, 11) is 0. The highest BCUT2D eigenvalue weighted by Gasteiger charge is 2.33. The fraction of sp³-hybridized carbons (Fsp3) is 0.846. The fourth-order valence-corrected chi connectivity index (χ4v) is 1.59. The minimum absolute atomic E-state index is 0.371. The number of aliphatic carboxylic acids is 1. The highest BCUT2D eigenvalue weighted by atomic mass is 16.5. The van der Waals surface area contributed by atoms with E-state index in [0.29, 0.717) is 26.3 Å². The van der Waals surface area contributed by atoms with Crippen molar-refractivity contribution in [1.29, 1.82) is 0 Å². The normalized spacial score (nSPS) is 12.9. The summed E-state index contributed by atoms with van der Waals surface area (Å²) in [5, 5.41) is 11.7. The molecule has 0 spiro atoms. The number of carbonyl (C=O) groups excluding carboxylic acids is 1. The maximum Gasteiger partial charge on any atom is 0.326 e. The van der Waals surface area contributed by atoms with Crippen molar-refractivity contribution >= 4 is 12.0 Å². The molecule has 0 aromatic rings. The van der Waals surface area contributed by atoms with Crippen LogP contribution in [0.1, 0.15) is 34.6 Å². The van der Waals surface area contributed by atoms with Crippen molar-refractivity contribution in [3.8, 4) is 0 Å². The van der Waals surface area contributed by atoms with Gasteiger partial charge in [-0.2, -0.15) is 0 Å². The van der Waals surface area contributed by atoms with Gasteiger partial charge in [0.2, 0.25) is 0 Å². The molecule has 6 heteroatoms. The van der Waals surface area contributed by atoms with Crippen molar-refractivity contribution in [2.24, 2.45) is 5.41 Å². The molecule has 0 radical (unpaired) electrons. The topological polar surface area (TPSA) is 78.9 Å². The third-order valence-electron chi connectivity index (χ3n) is 2.76. The van der Waals surface area contributed by atoms with Gasteiger partial charge >= 0.3 is 12.0 Å². The molecule has 2 N–H and O–H groups in total. The lowest BCUT2D eigenvalue weighted by Gasteiger charge is -2.30. The second kappa shape index (κ2) is 7.99. The number of amides is 2. The molecule has 2 amide bonds. The molecule has 1 atom stereocenters. The number of nitrogens with one attached hydrogen (secondary N) is 1. The van der Waals surface area contributed by atoms with Crippen molar-refractivity contribution in [3.63, 3.8) is 0 Å². The Bertz CT molecular complexity index is 300. The van der Waals surface area contributed by atoms with Crippen LogP contribution < -0.4 is 5.32 Å². The molecule has 1 unspecified atom stereocenters. The lowest BCUT2D eigenvalue weighted by molar-refractivity contribution is -0.142. The SMILES string of the molecule is CCOCCN(CC)C(=O)NC(C(=O)O)C(C)(C)C. The fourth-order valence-electron chi connectivity index (χ4n) is 1.59. The second-order valence-corrected chi connectivity index (χ2v) is 5.36. The molecule has 0 aliphatic carbocycles. The smallest absolute Gasteiger partial charge is 0.326 e. The molecule has 0 heterocycles. The molecule has 112 valence electrons. The van der Waals surface area contributed by atoms with Crippen LogP contribution in [0.2, 0.25) is 0 Å². The van der Waals surface area contributed by atoms with Crippen LogP contribution in [0.3, 0.4) is 0 Å². The summed E-state index contributed by atoms with van der Waals surface area (Å²) in [6.07, 6.45) is 0. The molecule has 0 fully saturated rings. The first-order chi connectivity index (χ1) is 8.73. The number of hydrogen-bond donors (Lipinski definition) is 2. The number of carboxylic acids is 1. The van der Waals surface area contributed by atoms with Crippen LogP contribution in [0, 0.1) is 5.41 Å². The molecule has 0 aromatic heterocycles. The van der Waals surface area contributed by atoms with Crippen molar-refractivity contribution in [2.45, 2.75) is 40.7 Å². The van der Waals surface area contributed by atoms with Gasteiger partial charge in [0, 0.05) is 19.7 Å². The Labute approximate surface area is 115 Å². The molecular weight excluding hydrogens is 248 g/mol. The highest BCUT2D eigenvalue weighted by Crippen LogP contribution is 2.19. The third kappa shape index (κ3) is 6.42. The lowest BCUT2D eigenvalue weighted by atomic mass is 9.87. The van der Waals surface area contributed by atoms with Crippen LogP contribution >= 0.6 is 0 Å². The average molecular weight is 274 g/mol. The summed E-state index contributed by atoms with van der Waals surface area (Å²) in [5.41, 5.74) is -0.541. The predicted molar refractivity (Wildman–Crippen MR) is 73.2 cm³/mol. The third-order valence-corrected chi connectivity index (χ3v) is 2.76. The second-order valence-electron chi connectivity index (χ2n) is 5.36. The quantitative estimate of drug-likeness (QED) is 0.690. The maximum atomic E-state index is 12.0. The van der Waals surface area contributed by atoms with E-state index >= 15 is 0 Å². The van der Waals surface area contributed by atoms with E-state index in [0.717, 1.165) is 0 Å². The summed E-state index contributed by atoms with van der Waals surface area (Å²) < 4.78 is 5.20. The molecular formula is C13H26N2O4.